The molecule has 0 bridgehead atoms. The number of aliphatic hydroxyl groups excluding tert-OH is 1. The van der Waals surface area contributed by atoms with Crippen LogP contribution in [0.25, 0.3) is 16.9 Å². The molecule has 114 valence electrons. The van der Waals surface area contributed by atoms with Crippen molar-refractivity contribution in [3.63, 3.8) is 0 Å². The first-order valence-corrected chi connectivity index (χ1v) is 7.46. The predicted molar refractivity (Wildman–Crippen MR) is 87.2 cm³/mol. The first-order chi connectivity index (χ1) is 10.7. The molecular formula is C18H20N2O2. The number of hydrogen-bond donors (Lipinski definition) is 1. The Kier molecular flexibility index (Phi) is 3.86. The SMILES string of the molecule is CCC(O)c1c(-c2ccccc2OC)nc2c(C)cccn12. The van der Waals surface area contributed by atoms with Crippen LogP contribution in [-0.2, 0) is 0 Å². The summed E-state index contributed by atoms with van der Waals surface area (Å²) >= 11 is 0. The summed E-state index contributed by atoms with van der Waals surface area (Å²) in [7, 11) is 1.65. The van der Waals surface area contributed by atoms with E-state index in [-0.39, 0.29) is 0 Å². The molecule has 2 heterocycles. The summed E-state index contributed by atoms with van der Waals surface area (Å²) in [5.74, 6) is 0.758. The van der Waals surface area contributed by atoms with E-state index < -0.39 is 6.10 Å². The average molecular weight is 296 g/mol. The van der Waals surface area contributed by atoms with Gasteiger partial charge >= 0.3 is 0 Å². The van der Waals surface area contributed by atoms with Crippen molar-refractivity contribution in [3.8, 4) is 17.0 Å². The second-order valence-corrected chi connectivity index (χ2v) is 5.35. The molecule has 0 saturated carbocycles. The van der Waals surface area contributed by atoms with Gasteiger partial charge < -0.3 is 14.2 Å². The predicted octanol–water partition coefficient (Wildman–Crippen LogP) is 3.76. The van der Waals surface area contributed by atoms with Gasteiger partial charge in [0.2, 0.25) is 0 Å². The number of aliphatic hydroxyl groups is 1. The summed E-state index contributed by atoms with van der Waals surface area (Å²) in [6.07, 6.45) is 2.00. The number of imidazole rings is 1. The van der Waals surface area contributed by atoms with E-state index in [2.05, 4.69) is 0 Å². The Morgan fingerprint density at radius 3 is 2.73 bits per heavy atom. The fourth-order valence-corrected chi connectivity index (χ4v) is 2.77. The lowest BCUT2D eigenvalue weighted by Crippen LogP contribution is -2.03. The van der Waals surface area contributed by atoms with Gasteiger partial charge in [-0.15, -0.1) is 0 Å². The largest absolute Gasteiger partial charge is 0.496 e. The van der Waals surface area contributed by atoms with Gasteiger partial charge in [-0.3, -0.25) is 0 Å². The number of hydrogen-bond acceptors (Lipinski definition) is 3. The molecule has 3 rings (SSSR count). The number of rotatable bonds is 4. The lowest BCUT2D eigenvalue weighted by molar-refractivity contribution is 0.168. The number of benzene rings is 1. The van der Waals surface area contributed by atoms with Gasteiger partial charge in [0.15, 0.2) is 0 Å². The maximum absolute atomic E-state index is 10.5. The maximum Gasteiger partial charge on any atom is 0.140 e. The van der Waals surface area contributed by atoms with Crippen LogP contribution in [-0.4, -0.2) is 21.6 Å². The highest BCUT2D eigenvalue weighted by atomic mass is 16.5. The van der Waals surface area contributed by atoms with Crippen LogP contribution in [0.4, 0.5) is 0 Å². The summed E-state index contributed by atoms with van der Waals surface area (Å²) in [6, 6.07) is 11.8. The number of nitrogens with zero attached hydrogens (tertiary/aromatic N) is 2. The standard InChI is InChI=1S/C18H20N2O2/c1-4-14(21)17-16(13-9-5-6-10-15(13)22-3)19-18-12(2)8-7-11-20(17)18/h5-11,14,21H,4H2,1-3H3. The Bertz CT molecular complexity index is 808. The van der Waals surface area contributed by atoms with Crippen molar-refractivity contribution in [3.05, 3.63) is 53.9 Å². The number of aryl methyl sites for hydroxylation is 1. The summed E-state index contributed by atoms with van der Waals surface area (Å²) in [5, 5.41) is 10.5. The number of fused-ring (bicyclic) bond motifs is 1. The van der Waals surface area contributed by atoms with Gasteiger partial charge in [-0.05, 0) is 37.1 Å². The van der Waals surface area contributed by atoms with Crippen molar-refractivity contribution in [1.29, 1.82) is 0 Å². The van der Waals surface area contributed by atoms with E-state index in [1.54, 1.807) is 7.11 Å². The maximum atomic E-state index is 10.5. The quantitative estimate of drug-likeness (QED) is 0.797. The van der Waals surface area contributed by atoms with E-state index in [4.69, 9.17) is 9.72 Å². The Balaban J connectivity index is 2.35. The van der Waals surface area contributed by atoms with Crippen molar-refractivity contribution in [2.24, 2.45) is 0 Å². The minimum atomic E-state index is -0.572. The first kappa shape index (κ1) is 14.6. The molecule has 0 saturated heterocycles. The molecule has 1 aromatic carbocycles. The number of aromatic nitrogens is 2. The number of ether oxygens (including phenoxy) is 1. The van der Waals surface area contributed by atoms with Gasteiger partial charge in [-0.2, -0.15) is 0 Å². The molecule has 4 nitrogen and oxygen atoms in total. The van der Waals surface area contributed by atoms with Crippen molar-refractivity contribution in [1.82, 2.24) is 9.38 Å². The zero-order chi connectivity index (χ0) is 15.7. The molecule has 2 aromatic heterocycles. The molecule has 22 heavy (non-hydrogen) atoms. The molecule has 0 amide bonds. The molecule has 0 spiro atoms. The fourth-order valence-electron chi connectivity index (χ4n) is 2.77. The zero-order valence-electron chi connectivity index (χ0n) is 13.1. The van der Waals surface area contributed by atoms with Crippen LogP contribution in [0.1, 0.15) is 30.7 Å². The number of methoxy groups -OCH3 is 1. The molecule has 0 aliphatic carbocycles. The molecule has 1 unspecified atom stereocenters. The Morgan fingerprint density at radius 1 is 1.23 bits per heavy atom. The zero-order valence-corrected chi connectivity index (χ0v) is 13.1. The van der Waals surface area contributed by atoms with Crippen LogP contribution < -0.4 is 4.74 Å². The number of para-hydroxylation sites is 1. The van der Waals surface area contributed by atoms with Crippen LogP contribution in [0.15, 0.2) is 42.6 Å². The Labute approximate surface area is 130 Å². The van der Waals surface area contributed by atoms with Crippen molar-refractivity contribution in [2.75, 3.05) is 7.11 Å². The molecule has 3 aromatic rings. The monoisotopic (exact) mass is 296 g/mol. The third-order valence-corrected chi connectivity index (χ3v) is 3.95. The molecule has 0 aliphatic rings. The Hall–Kier alpha value is -2.33. The van der Waals surface area contributed by atoms with Gasteiger partial charge in [0, 0.05) is 11.8 Å². The van der Waals surface area contributed by atoms with Gasteiger partial charge in [0.05, 0.1) is 24.6 Å². The second-order valence-electron chi connectivity index (χ2n) is 5.35. The highest BCUT2D eigenvalue weighted by molar-refractivity contribution is 5.73. The smallest absolute Gasteiger partial charge is 0.140 e. The molecule has 0 fully saturated rings. The third-order valence-electron chi connectivity index (χ3n) is 3.95. The first-order valence-electron chi connectivity index (χ1n) is 7.46. The van der Waals surface area contributed by atoms with Gasteiger partial charge in [-0.25, -0.2) is 4.98 Å². The lowest BCUT2D eigenvalue weighted by atomic mass is 10.0. The molecule has 4 heteroatoms. The molecule has 0 aliphatic heterocycles. The summed E-state index contributed by atoms with van der Waals surface area (Å²) in [5.41, 5.74) is 4.43. The highest BCUT2D eigenvalue weighted by Gasteiger charge is 2.22. The van der Waals surface area contributed by atoms with Crippen LogP contribution in [0.5, 0.6) is 5.75 Å². The fraction of sp³-hybridized carbons (Fsp3) is 0.278. The molecule has 0 radical (unpaired) electrons. The van der Waals surface area contributed by atoms with Crippen LogP contribution in [0, 0.1) is 6.92 Å². The molecule has 1 atom stereocenters. The van der Waals surface area contributed by atoms with E-state index >= 15 is 0 Å². The van der Waals surface area contributed by atoms with E-state index in [0.29, 0.717) is 6.42 Å². The normalized spacial score (nSPS) is 12.5. The number of pyridine rings is 1. The second kappa shape index (κ2) is 5.81. The minimum Gasteiger partial charge on any atom is -0.496 e. The van der Waals surface area contributed by atoms with Gasteiger partial charge in [0.25, 0.3) is 0 Å². The van der Waals surface area contributed by atoms with E-state index in [9.17, 15) is 5.11 Å². The van der Waals surface area contributed by atoms with Gasteiger partial charge in [-0.1, -0.05) is 25.1 Å². The lowest BCUT2D eigenvalue weighted by Gasteiger charge is -2.12. The minimum absolute atomic E-state index is 0.572. The van der Waals surface area contributed by atoms with Crippen molar-refractivity contribution >= 4 is 5.65 Å². The van der Waals surface area contributed by atoms with Crippen LogP contribution in [0.2, 0.25) is 0 Å². The average Bonchev–Trinajstić information content (AvgIpc) is 2.94. The van der Waals surface area contributed by atoms with Gasteiger partial charge in [0.1, 0.15) is 11.4 Å². The van der Waals surface area contributed by atoms with Crippen molar-refractivity contribution in [2.45, 2.75) is 26.4 Å². The summed E-state index contributed by atoms with van der Waals surface area (Å²) in [4.78, 5) is 4.78. The van der Waals surface area contributed by atoms with E-state index in [0.717, 1.165) is 33.9 Å². The van der Waals surface area contributed by atoms with E-state index in [1.165, 1.54) is 0 Å². The summed E-state index contributed by atoms with van der Waals surface area (Å²) in [6.45, 7) is 3.99. The molecule has 1 N–H and O–H groups in total. The van der Waals surface area contributed by atoms with Crippen LogP contribution >= 0.6 is 0 Å². The topological polar surface area (TPSA) is 46.8 Å². The third kappa shape index (κ3) is 2.25. The van der Waals surface area contributed by atoms with E-state index in [1.807, 2.05) is 60.8 Å². The summed E-state index contributed by atoms with van der Waals surface area (Å²) < 4.78 is 7.44. The highest BCUT2D eigenvalue weighted by Crippen LogP contribution is 2.36. The molecular weight excluding hydrogens is 276 g/mol. The van der Waals surface area contributed by atoms with Crippen molar-refractivity contribution < 1.29 is 9.84 Å². The Morgan fingerprint density at radius 2 is 2.00 bits per heavy atom. The van der Waals surface area contributed by atoms with Crippen LogP contribution in [0.3, 0.4) is 0 Å².